The summed E-state index contributed by atoms with van der Waals surface area (Å²) in [7, 11) is 0. The van der Waals surface area contributed by atoms with Crippen molar-refractivity contribution < 1.29 is 9.50 Å². The Labute approximate surface area is 124 Å². The van der Waals surface area contributed by atoms with Gasteiger partial charge >= 0.3 is 0 Å². The van der Waals surface area contributed by atoms with E-state index >= 15 is 0 Å². The number of hydrogen-bond acceptors (Lipinski definition) is 3. The van der Waals surface area contributed by atoms with Crippen LogP contribution in [0.15, 0.2) is 51.9 Å². The standard InChI is InChI=1S/C15H12BrFN2O/c16-9-5-6-13-11(7-9)15(18-8-14(20)19-13)10-3-1-2-4-12(10)17/h1-7,14,19-20H,8H2. The lowest BCUT2D eigenvalue weighted by Gasteiger charge is -2.13. The Morgan fingerprint density at radius 1 is 1.20 bits per heavy atom. The summed E-state index contributed by atoms with van der Waals surface area (Å²) < 4.78 is 14.9. The molecule has 2 N–H and O–H groups in total. The van der Waals surface area contributed by atoms with E-state index < -0.39 is 6.23 Å². The number of aliphatic hydroxyl groups is 1. The van der Waals surface area contributed by atoms with Gasteiger partial charge in [-0.05, 0) is 30.3 Å². The van der Waals surface area contributed by atoms with E-state index in [2.05, 4.69) is 26.2 Å². The number of benzene rings is 2. The molecule has 1 unspecified atom stereocenters. The van der Waals surface area contributed by atoms with Gasteiger partial charge in [-0.25, -0.2) is 4.39 Å². The lowest BCUT2D eigenvalue weighted by Crippen LogP contribution is -2.20. The molecule has 3 nitrogen and oxygen atoms in total. The van der Waals surface area contributed by atoms with Gasteiger partial charge in [0.1, 0.15) is 12.0 Å². The minimum atomic E-state index is -0.779. The Morgan fingerprint density at radius 2 is 2.00 bits per heavy atom. The van der Waals surface area contributed by atoms with Gasteiger partial charge in [0.15, 0.2) is 0 Å². The predicted molar refractivity (Wildman–Crippen MR) is 80.7 cm³/mol. The molecule has 1 heterocycles. The van der Waals surface area contributed by atoms with Crippen molar-refractivity contribution in [1.82, 2.24) is 0 Å². The van der Waals surface area contributed by atoms with Crippen LogP contribution in [-0.2, 0) is 0 Å². The van der Waals surface area contributed by atoms with Crippen molar-refractivity contribution in [2.45, 2.75) is 6.23 Å². The first kappa shape index (κ1) is 13.3. The van der Waals surface area contributed by atoms with E-state index in [1.165, 1.54) is 6.07 Å². The summed E-state index contributed by atoms with van der Waals surface area (Å²) in [6.07, 6.45) is -0.779. The fourth-order valence-corrected chi connectivity index (χ4v) is 2.57. The Morgan fingerprint density at radius 3 is 2.80 bits per heavy atom. The Kier molecular flexibility index (Phi) is 3.54. The van der Waals surface area contributed by atoms with Crippen LogP contribution in [0.25, 0.3) is 0 Å². The van der Waals surface area contributed by atoms with Crippen molar-refractivity contribution in [3.05, 3.63) is 63.9 Å². The normalized spacial score (nSPS) is 17.8. The summed E-state index contributed by atoms with van der Waals surface area (Å²) in [4.78, 5) is 4.36. The molecule has 0 bridgehead atoms. The lowest BCUT2D eigenvalue weighted by atomic mass is 10.0. The fraction of sp³-hybridized carbons (Fsp3) is 0.133. The van der Waals surface area contributed by atoms with Crippen molar-refractivity contribution in [1.29, 1.82) is 0 Å². The molecule has 0 amide bonds. The molecule has 1 aliphatic rings. The number of aliphatic hydroxyl groups excluding tert-OH is 1. The zero-order valence-electron chi connectivity index (χ0n) is 10.5. The third kappa shape index (κ3) is 2.46. The quantitative estimate of drug-likeness (QED) is 0.841. The maximum absolute atomic E-state index is 14.0. The van der Waals surface area contributed by atoms with Crippen molar-refractivity contribution in [2.24, 2.45) is 4.99 Å². The molecule has 3 rings (SSSR count). The molecule has 0 saturated heterocycles. The molecule has 0 aliphatic carbocycles. The van der Waals surface area contributed by atoms with Crippen molar-refractivity contribution >= 4 is 27.3 Å². The first-order chi connectivity index (χ1) is 9.65. The van der Waals surface area contributed by atoms with Gasteiger partial charge in [0.25, 0.3) is 0 Å². The molecule has 0 radical (unpaired) electrons. The zero-order chi connectivity index (χ0) is 14.1. The Bertz CT molecular complexity index is 687. The van der Waals surface area contributed by atoms with Crippen LogP contribution in [0, 0.1) is 5.82 Å². The van der Waals surface area contributed by atoms with Crippen molar-refractivity contribution in [3.63, 3.8) is 0 Å². The van der Waals surface area contributed by atoms with Crippen LogP contribution in [0.5, 0.6) is 0 Å². The van der Waals surface area contributed by atoms with Gasteiger partial charge in [-0.2, -0.15) is 0 Å². The smallest absolute Gasteiger partial charge is 0.144 e. The molecule has 102 valence electrons. The van der Waals surface area contributed by atoms with Crippen LogP contribution in [0.2, 0.25) is 0 Å². The molecular weight excluding hydrogens is 323 g/mol. The second-order valence-corrected chi connectivity index (χ2v) is 5.43. The van der Waals surface area contributed by atoms with Gasteiger partial charge in [0, 0.05) is 21.3 Å². The van der Waals surface area contributed by atoms with Crippen LogP contribution in [0.1, 0.15) is 11.1 Å². The van der Waals surface area contributed by atoms with E-state index in [1.807, 2.05) is 18.2 Å². The average molecular weight is 335 g/mol. The Hall–Kier alpha value is -1.72. The van der Waals surface area contributed by atoms with Gasteiger partial charge in [-0.15, -0.1) is 0 Å². The second kappa shape index (κ2) is 5.34. The van der Waals surface area contributed by atoms with Gasteiger partial charge in [0.05, 0.1) is 12.3 Å². The number of benzodiazepines with no additional fused rings is 1. The molecule has 0 aromatic heterocycles. The summed E-state index contributed by atoms with van der Waals surface area (Å²) in [6, 6.07) is 12.1. The fourth-order valence-electron chi connectivity index (χ4n) is 2.21. The van der Waals surface area contributed by atoms with Crippen LogP contribution >= 0.6 is 15.9 Å². The number of anilines is 1. The van der Waals surface area contributed by atoms with E-state index in [0.717, 1.165) is 15.7 Å². The molecule has 2 aromatic rings. The monoisotopic (exact) mass is 334 g/mol. The van der Waals surface area contributed by atoms with E-state index in [4.69, 9.17) is 0 Å². The summed E-state index contributed by atoms with van der Waals surface area (Å²) in [5.41, 5.74) is 2.48. The zero-order valence-corrected chi connectivity index (χ0v) is 12.1. The largest absolute Gasteiger partial charge is 0.372 e. The number of halogens is 2. The average Bonchev–Trinajstić information content (AvgIpc) is 2.58. The highest BCUT2D eigenvalue weighted by Gasteiger charge is 2.20. The highest BCUT2D eigenvalue weighted by molar-refractivity contribution is 9.10. The summed E-state index contributed by atoms with van der Waals surface area (Å²) in [6.45, 7) is 0.177. The molecule has 0 saturated carbocycles. The van der Waals surface area contributed by atoms with E-state index in [9.17, 15) is 9.50 Å². The highest BCUT2D eigenvalue weighted by Crippen LogP contribution is 2.27. The minimum Gasteiger partial charge on any atom is -0.372 e. The van der Waals surface area contributed by atoms with Gasteiger partial charge < -0.3 is 10.4 Å². The maximum Gasteiger partial charge on any atom is 0.144 e. The van der Waals surface area contributed by atoms with Gasteiger partial charge in [-0.1, -0.05) is 28.1 Å². The Balaban J connectivity index is 2.21. The van der Waals surface area contributed by atoms with Crippen LogP contribution in [0.4, 0.5) is 10.1 Å². The first-order valence-electron chi connectivity index (χ1n) is 6.19. The molecule has 1 atom stereocenters. The van der Waals surface area contributed by atoms with E-state index in [-0.39, 0.29) is 12.4 Å². The molecular formula is C15H12BrFN2O. The van der Waals surface area contributed by atoms with Crippen LogP contribution < -0.4 is 5.32 Å². The van der Waals surface area contributed by atoms with Crippen LogP contribution in [-0.4, -0.2) is 23.6 Å². The number of nitrogens with one attached hydrogen (secondary N) is 1. The molecule has 20 heavy (non-hydrogen) atoms. The molecule has 2 aromatic carbocycles. The van der Waals surface area contributed by atoms with Crippen molar-refractivity contribution in [2.75, 3.05) is 11.9 Å². The topological polar surface area (TPSA) is 44.6 Å². The third-order valence-electron chi connectivity index (χ3n) is 3.11. The van der Waals surface area contributed by atoms with Crippen molar-refractivity contribution in [3.8, 4) is 0 Å². The van der Waals surface area contributed by atoms with E-state index in [1.54, 1.807) is 18.2 Å². The number of hydrogen-bond donors (Lipinski definition) is 2. The second-order valence-electron chi connectivity index (χ2n) is 4.52. The maximum atomic E-state index is 14.0. The summed E-state index contributed by atoms with van der Waals surface area (Å²) in [5.74, 6) is -0.325. The van der Waals surface area contributed by atoms with Gasteiger partial charge in [0.2, 0.25) is 0 Å². The predicted octanol–water partition coefficient (Wildman–Crippen LogP) is 3.17. The summed E-state index contributed by atoms with van der Waals surface area (Å²) in [5, 5.41) is 12.8. The number of rotatable bonds is 1. The molecule has 1 aliphatic heterocycles. The molecule has 0 spiro atoms. The minimum absolute atomic E-state index is 0.177. The number of aliphatic imine (C=N–C) groups is 1. The number of fused-ring (bicyclic) bond motifs is 1. The van der Waals surface area contributed by atoms with E-state index in [0.29, 0.717) is 11.3 Å². The number of nitrogens with zero attached hydrogens (tertiary/aromatic N) is 1. The molecule has 5 heteroatoms. The lowest BCUT2D eigenvalue weighted by molar-refractivity contribution is 0.213. The summed E-state index contributed by atoms with van der Waals surface area (Å²) >= 11 is 3.41. The third-order valence-corrected chi connectivity index (χ3v) is 3.60. The first-order valence-corrected chi connectivity index (χ1v) is 6.98. The SMILES string of the molecule is OC1CN=C(c2ccccc2F)c2cc(Br)ccc2N1. The van der Waals surface area contributed by atoms with Gasteiger partial charge in [-0.3, -0.25) is 4.99 Å². The molecule has 0 fully saturated rings. The van der Waals surface area contributed by atoms with Crippen LogP contribution in [0.3, 0.4) is 0 Å². The highest BCUT2D eigenvalue weighted by atomic mass is 79.9.